The van der Waals surface area contributed by atoms with Gasteiger partial charge in [-0.2, -0.15) is 0 Å². The molecule has 3 nitrogen and oxygen atoms in total. The van der Waals surface area contributed by atoms with Crippen LogP contribution < -0.4 is 15.1 Å². The smallest absolute Gasteiger partial charge is 0.0713 e. The second-order valence-corrected chi connectivity index (χ2v) is 33.1. The van der Waals surface area contributed by atoms with Crippen molar-refractivity contribution in [1.29, 1.82) is 0 Å². The fourth-order valence-corrected chi connectivity index (χ4v) is 21.6. The summed E-state index contributed by atoms with van der Waals surface area (Å²) in [5, 5.41) is 11.0. The number of nitrogens with zero attached hydrogens (tertiary/aromatic N) is 2. The summed E-state index contributed by atoms with van der Waals surface area (Å²) in [6.07, 6.45) is 0. The summed E-state index contributed by atoms with van der Waals surface area (Å²) in [5.74, 6) is 0. The minimum absolute atomic E-state index is 0.518. The molecule has 118 heavy (non-hydrogen) atoms. The summed E-state index contributed by atoms with van der Waals surface area (Å²) in [7, 11) is 0. The second kappa shape index (κ2) is 27.4. The molecule has 19 aromatic carbocycles. The van der Waals surface area contributed by atoms with Gasteiger partial charge in [-0.15, -0.1) is 0 Å². The summed E-state index contributed by atoms with van der Waals surface area (Å²) in [5.41, 5.74) is 39.4. The van der Waals surface area contributed by atoms with Crippen molar-refractivity contribution in [3.05, 3.63) is 501 Å². The highest BCUT2D eigenvalue weighted by molar-refractivity contribution is 6.28. The number of hydrogen-bond acceptors (Lipinski definition) is 3. The van der Waals surface area contributed by atoms with Crippen molar-refractivity contribution in [3.8, 4) is 44.5 Å². The van der Waals surface area contributed by atoms with Crippen LogP contribution in [0.2, 0.25) is 0 Å². The molecule has 0 aliphatic heterocycles. The Bertz CT molecular complexity index is 7100. The van der Waals surface area contributed by atoms with Crippen molar-refractivity contribution in [2.75, 3.05) is 15.1 Å². The molecular formula is C115H85N3. The zero-order valence-corrected chi connectivity index (χ0v) is 67.0. The molecule has 3 aliphatic carbocycles. The first-order valence-corrected chi connectivity index (χ1v) is 41.4. The standard InChI is InChI=1S/C115H85N3/c1-73-63-74(2)67-89(66-73)116-88-52-46-85(47-53-88)115(84-29-14-9-15-30-84)105-39-23-19-34-98(105)112-94(35-24-40-107(112)115)81-43-60-106-101(72-81)97-33-18-22-38-104(97)114(106,83-27-12-8-13-28-83)87-50-56-91(57-51-87)118(93-70-77(5)65-78(6)71-93)109-62-45-80-41-58-99-108(61-44-79-42-59-100(109)111(80)110(79)99)117(92-68-75(3)64-76(4)69-92)90-54-48-86(49-55-90)113(82-25-10-7-11-26-82)102-36-20-16-31-95(102)96-32-17-21-37-103(96)113/h7-72,116H,1-6H3. The van der Waals surface area contributed by atoms with E-state index in [1.165, 1.54) is 177 Å². The Labute approximate surface area is 691 Å². The summed E-state index contributed by atoms with van der Waals surface area (Å²) in [4.78, 5) is 5.02. The molecule has 0 saturated carbocycles. The van der Waals surface area contributed by atoms with Gasteiger partial charge >= 0.3 is 0 Å². The number of benzene rings is 19. The molecule has 2 unspecified atom stereocenters. The molecule has 0 bridgehead atoms. The molecule has 0 spiro atoms. The molecule has 3 aliphatic rings. The third kappa shape index (κ3) is 10.7. The molecule has 1 N–H and O–H groups in total. The third-order valence-electron chi connectivity index (χ3n) is 26.0. The number of nitrogens with one attached hydrogen (secondary N) is 1. The Hall–Kier alpha value is -14.4. The van der Waals surface area contributed by atoms with Crippen LogP contribution in [0, 0.1) is 41.5 Å². The van der Waals surface area contributed by atoms with Gasteiger partial charge in [0.25, 0.3) is 0 Å². The Morgan fingerprint density at radius 3 is 0.983 bits per heavy atom. The normalized spacial score (nSPS) is 15.2. The van der Waals surface area contributed by atoms with Crippen LogP contribution in [0.5, 0.6) is 0 Å². The molecule has 0 radical (unpaired) electrons. The van der Waals surface area contributed by atoms with Crippen LogP contribution in [0.1, 0.15) is 100 Å². The lowest BCUT2D eigenvalue weighted by molar-refractivity contribution is 0.768. The largest absolute Gasteiger partial charge is 0.356 e. The number of aryl methyl sites for hydroxylation is 6. The van der Waals surface area contributed by atoms with Crippen molar-refractivity contribution < 1.29 is 0 Å². The molecular weight excluding hydrogens is 1420 g/mol. The van der Waals surface area contributed by atoms with Crippen molar-refractivity contribution in [2.45, 2.75) is 57.8 Å². The van der Waals surface area contributed by atoms with Crippen LogP contribution in [0.25, 0.3) is 76.8 Å². The fraction of sp³-hybridized carbons (Fsp3) is 0.0783. The van der Waals surface area contributed by atoms with Gasteiger partial charge in [-0.25, -0.2) is 0 Å². The van der Waals surface area contributed by atoms with Gasteiger partial charge in [-0.3, -0.25) is 0 Å². The van der Waals surface area contributed by atoms with E-state index < -0.39 is 16.2 Å². The Morgan fingerprint density at radius 1 is 0.212 bits per heavy atom. The van der Waals surface area contributed by atoms with Crippen LogP contribution in [-0.2, 0) is 16.2 Å². The van der Waals surface area contributed by atoms with Gasteiger partial charge in [0.05, 0.1) is 27.6 Å². The molecule has 19 aromatic rings. The van der Waals surface area contributed by atoms with Crippen LogP contribution in [0.3, 0.4) is 0 Å². The van der Waals surface area contributed by atoms with Crippen LogP contribution in [0.15, 0.2) is 400 Å². The molecule has 2 atom stereocenters. The predicted octanol–water partition coefficient (Wildman–Crippen LogP) is 29.9. The highest BCUT2D eigenvalue weighted by Crippen LogP contribution is 2.63. The summed E-state index contributed by atoms with van der Waals surface area (Å²) in [6.45, 7) is 13.2. The Balaban J connectivity index is 0.673. The summed E-state index contributed by atoms with van der Waals surface area (Å²) >= 11 is 0. The molecule has 0 heterocycles. The maximum atomic E-state index is 3.73. The zero-order chi connectivity index (χ0) is 79.1. The zero-order valence-electron chi connectivity index (χ0n) is 67.0. The van der Waals surface area contributed by atoms with Crippen molar-refractivity contribution in [3.63, 3.8) is 0 Å². The van der Waals surface area contributed by atoms with E-state index in [0.717, 1.165) is 45.5 Å². The van der Waals surface area contributed by atoms with Crippen LogP contribution in [0.4, 0.5) is 45.5 Å². The SMILES string of the molecule is Cc1cc(C)cc(Nc2ccc(C3(c4ccccc4)c4ccccc4-c4c(-c5ccc6c(c5)-c5ccccc5C6(c5ccccc5)c5ccc(N(c6cc(C)cc(C)c6)c6ccc7ccc8c(N(c9ccc(C%10(c%11ccccc%11)c%11ccccc%11-c%11ccccc%11%10)cc9)c9cc(C)cc(C)c9)ccc9ccc6c7c98)cc5)cccc43)cc2)c1. The minimum atomic E-state index is -0.668. The molecule has 22 rings (SSSR count). The topological polar surface area (TPSA) is 18.5 Å². The number of fused-ring (bicyclic) bond motifs is 9. The van der Waals surface area contributed by atoms with E-state index in [4.69, 9.17) is 0 Å². The first kappa shape index (κ1) is 70.3. The van der Waals surface area contributed by atoms with Crippen molar-refractivity contribution in [2.24, 2.45) is 0 Å². The predicted molar refractivity (Wildman–Crippen MR) is 495 cm³/mol. The molecule has 0 aromatic heterocycles. The van der Waals surface area contributed by atoms with Gasteiger partial charge < -0.3 is 15.1 Å². The molecule has 0 amide bonds. The Kier molecular flexibility index (Phi) is 16.3. The van der Waals surface area contributed by atoms with E-state index in [-0.39, 0.29) is 0 Å². The van der Waals surface area contributed by atoms with Crippen molar-refractivity contribution in [1.82, 2.24) is 0 Å². The Morgan fingerprint density at radius 2 is 0.542 bits per heavy atom. The summed E-state index contributed by atoms with van der Waals surface area (Å²) < 4.78 is 0. The second-order valence-electron chi connectivity index (χ2n) is 33.1. The van der Waals surface area contributed by atoms with Crippen molar-refractivity contribution >= 4 is 77.8 Å². The number of anilines is 8. The van der Waals surface area contributed by atoms with E-state index >= 15 is 0 Å². The highest BCUT2D eigenvalue weighted by Gasteiger charge is 2.50. The summed E-state index contributed by atoms with van der Waals surface area (Å²) in [6, 6.07) is 152. The maximum Gasteiger partial charge on any atom is 0.0713 e. The molecule has 560 valence electrons. The molecule has 0 fully saturated rings. The van der Waals surface area contributed by atoms with E-state index in [1.54, 1.807) is 0 Å². The van der Waals surface area contributed by atoms with Gasteiger partial charge in [0.1, 0.15) is 0 Å². The molecule has 3 heteroatoms. The lowest BCUT2D eigenvalue weighted by Gasteiger charge is -2.35. The third-order valence-corrected chi connectivity index (χ3v) is 26.0. The van der Waals surface area contributed by atoms with Crippen LogP contribution >= 0.6 is 0 Å². The monoisotopic (exact) mass is 1510 g/mol. The lowest BCUT2D eigenvalue weighted by Crippen LogP contribution is -2.28. The number of rotatable bonds is 15. The average molecular weight is 1510 g/mol. The average Bonchev–Trinajstić information content (AvgIpc) is 1.50. The van der Waals surface area contributed by atoms with Crippen LogP contribution in [-0.4, -0.2) is 0 Å². The first-order chi connectivity index (χ1) is 57.9. The number of hydrogen-bond donors (Lipinski definition) is 1. The fourth-order valence-electron chi connectivity index (χ4n) is 21.6. The minimum Gasteiger partial charge on any atom is -0.356 e. The quantitative estimate of drug-likeness (QED) is 0.103. The van der Waals surface area contributed by atoms with Gasteiger partial charge in [0.15, 0.2) is 0 Å². The lowest BCUT2D eigenvalue weighted by atomic mass is 9.67. The molecule has 0 saturated heterocycles. The first-order valence-electron chi connectivity index (χ1n) is 41.4. The van der Waals surface area contributed by atoms with E-state index in [2.05, 4.69) is 457 Å². The van der Waals surface area contributed by atoms with Gasteiger partial charge in [-0.05, 0) is 299 Å². The highest BCUT2D eigenvalue weighted by atomic mass is 15.2. The van der Waals surface area contributed by atoms with Gasteiger partial charge in [0.2, 0.25) is 0 Å². The maximum absolute atomic E-state index is 3.73. The van der Waals surface area contributed by atoms with E-state index in [1.807, 2.05) is 0 Å². The van der Waals surface area contributed by atoms with E-state index in [9.17, 15) is 0 Å². The van der Waals surface area contributed by atoms with E-state index in [0.29, 0.717) is 0 Å². The van der Waals surface area contributed by atoms with Gasteiger partial charge in [0, 0.05) is 44.9 Å². The van der Waals surface area contributed by atoms with Gasteiger partial charge in [-0.1, -0.05) is 309 Å².